The van der Waals surface area contributed by atoms with Crippen LogP contribution >= 0.6 is 0 Å². The third-order valence-electron chi connectivity index (χ3n) is 3.75. The van der Waals surface area contributed by atoms with Crippen LogP contribution in [0.1, 0.15) is 44.4 Å². The van der Waals surface area contributed by atoms with E-state index in [0.29, 0.717) is 12.1 Å². The molecule has 1 N–H and O–H groups in total. The van der Waals surface area contributed by atoms with Crippen LogP contribution in [0, 0.1) is 0 Å². The summed E-state index contributed by atoms with van der Waals surface area (Å²) >= 11 is 0. The number of nitrogens with one attached hydrogen (secondary N) is 1. The lowest BCUT2D eigenvalue weighted by atomic mass is 10.0. The van der Waals surface area contributed by atoms with Crippen LogP contribution in [0.3, 0.4) is 0 Å². The summed E-state index contributed by atoms with van der Waals surface area (Å²) in [6, 6.07) is 4.77. The number of hydrogen-bond acceptors (Lipinski definition) is 3. The fourth-order valence-electron chi connectivity index (χ4n) is 2.54. The highest BCUT2D eigenvalue weighted by atomic mass is 16.5. The van der Waals surface area contributed by atoms with E-state index >= 15 is 0 Å². The molecule has 2 unspecified atom stereocenters. The Hall–Kier alpha value is -0.930. The van der Waals surface area contributed by atoms with Gasteiger partial charge < -0.3 is 10.1 Å². The van der Waals surface area contributed by atoms with Crippen molar-refractivity contribution in [1.29, 1.82) is 0 Å². The second kappa shape index (κ2) is 6.86. The molecule has 1 aromatic heterocycles. The predicted molar refractivity (Wildman–Crippen MR) is 73.5 cm³/mol. The Kier molecular flexibility index (Phi) is 5.14. The average Bonchev–Trinajstić information content (AvgIpc) is 2.45. The fraction of sp³-hybridized carbons (Fsp3) is 0.667. The van der Waals surface area contributed by atoms with Gasteiger partial charge in [-0.05, 0) is 37.3 Å². The van der Waals surface area contributed by atoms with E-state index in [9.17, 15) is 0 Å². The van der Waals surface area contributed by atoms with Crippen LogP contribution in [0.15, 0.2) is 18.3 Å². The molecular weight excluding hydrogens is 224 g/mol. The molecule has 1 aliphatic rings. The molecule has 0 amide bonds. The van der Waals surface area contributed by atoms with Crippen molar-refractivity contribution in [3.8, 4) is 0 Å². The first-order valence-electron chi connectivity index (χ1n) is 7.11. The zero-order chi connectivity index (χ0) is 12.8. The molecule has 0 radical (unpaired) electrons. The molecule has 0 spiro atoms. The van der Waals surface area contributed by atoms with Crippen molar-refractivity contribution in [2.75, 3.05) is 6.61 Å². The molecule has 0 aliphatic carbocycles. The summed E-state index contributed by atoms with van der Waals surface area (Å²) in [5, 5.41) is 3.63. The zero-order valence-electron chi connectivity index (χ0n) is 11.5. The number of rotatable bonds is 5. The SMILES string of the molecule is CCc1cccnc1CNC1CCOC(CC)C1. The number of aryl methyl sites for hydroxylation is 1. The monoisotopic (exact) mass is 248 g/mol. The van der Waals surface area contributed by atoms with Crippen LogP contribution in [0.25, 0.3) is 0 Å². The third-order valence-corrected chi connectivity index (χ3v) is 3.75. The Labute approximate surface area is 110 Å². The Morgan fingerprint density at radius 2 is 2.33 bits per heavy atom. The molecular formula is C15H24N2O. The van der Waals surface area contributed by atoms with Crippen molar-refractivity contribution in [3.63, 3.8) is 0 Å². The largest absolute Gasteiger partial charge is 0.378 e. The molecule has 2 heterocycles. The van der Waals surface area contributed by atoms with E-state index in [1.165, 1.54) is 11.3 Å². The van der Waals surface area contributed by atoms with Gasteiger partial charge in [0.25, 0.3) is 0 Å². The summed E-state index contributed by atoms with van der Waals surface area (Å²) in [4.78, 5) is 4.48. The molecule has 18 heavy (non-hydrogen) atoms. The number of pyridine rings is 1. The van der Waals surface area contributed by atoms with E-state index in [1.807, 2.05) is 12.3 Å². The van der Waals surface area contributed by atoms with Crippen molar-refractivity contribution in [1.82, 2.24) is 10.3 Å². The van der Waals surface area contributed by atoms with Crippen molar-refractivity contribution in [2.45, 2.75) is 58.2 Å². The van der Waals surface area contributed by atoms with E-state index in [2.05, 4.69) is 30.2 Å². The van der Waals surface area contributed by atoms with Gasteiger partial charge in [-0.2, -0.15) is 0 Å². The second-order valence-electron chi connectivity index (χ2n) is 4.97. The third kappa shape index (κ3) is 3.53. The molecule has 1 aliphatic heterocycles. The minimum atomic E-state index is 0.436. The zero-order valence-corrected chi connectivity index (χ0v) is 11.5. The van der Waals surface area contributed by atoms with Gasteiger partial charge in [0.2, 0.25) is 0 Å². The minimum absolute atomic E-state index is 0.436. The molecule has 1 aromatic rings. The number of hydrogen-bond donors (Lipinski definition) is 1. The molecule has 2 atom stereocenters. The van der Waals surface area contributed by atoms with Crippen LogP contribution in [0.5, 0.6) is 0 Å². The van der Waals surface area contributed by atoms with E-state index in [4.69, 9.17) is 4.74 Å². The highest BCUT2D eigenvalue weighted by molar-refractivity contribution is 5.19. The first-order valence-corrected chi connectivity index (χ1v) is 7.11. The molecule has 100 valence electrons. The maximum absolute atomic E-state index is 5.70. The summed E-state index contributed by atoms with van der Waals surface area (Å²) in [6.07, 6.45) is 6.73. The van der Waals surface area contributed by atoms with Crippen LogP contribution in [-0.2, 0) is 17.7 Å². The van der Waals surface area contributed by atoms with Gasteiger partial charge in [0.15, 0.2) is 0 Å². The average molecular weight is 248 g/mol. The quantitative estimate of drug-likeness (QED) is 0.870. The highest BCUT2D eigenvalue weighted by Crippen LogP contribution is 2.17. The van der Waals surface area contributed by atoms with Gasteiger partial charge in [0.1, 0.15) is 0 Å². The summed E-state index contributed by atoms with van der Waals surface area (Å²) < 4.78 is 5.70. The molecule has 0 bridgehead atoms. The summed E-state index contributed by atoms with van der Waals surface area (Å²) in [6.45, 7) is 6.15. The van der Waals surface area contributed by atoms with Crippen LogP contribution in [0.2, 0.25) is 0 Å². The Morgan fingerprint density at radius 3 is 3.11 bits per heavy atom. The van der Waals surface area contributed by atoms with Crippen LogP contribution in [0.4, 0.5) is 0 Å². The molecule has 1 saturated heterocycles. The lowest BCUT2D eigenvalue weighted by molar-refractivity contribution is -0.000378. The number of nitrogens with zero attached hydrogens (tertiary/aromatic N) is 1. The maximum Gasteiger partial charge on any atom is 0.0587 e. The van der Waals surface area contributed by atoms with E-state index in [1.54, 1.807) is 0 Å². The smallest absolute Gasteiger partial charge is 0.0587 e. The minimum Gasteiger partial charge on any atom is -0.378 e. The van der Waals surface area contributed by atoms with E-state index < -0.39 is 0 Å². The van der Waals surface area contributed by atoms with Gasteiger partial charge in [-0.3, -0.25) is 4.98 Å². The van der Waals surface area contributed by atoms with Gasteiger partial charge in [0, 0.05) is 25.4 Å². The van der Waals surface area contributed by atoms with Gasteiger partial charge in [-0.15, -0.1) is 0 Å². The number of aromatic nitrogens is 1. The molecule has 3 heteroatoms. The van der Waals surface area contributed by atoms with E-state index in [-0.39, 0.29) is 0 Å². The molecule has 0 saturated carbocycles. The molecule has 2 rings (SSSR count). The standard InChI is InChI=1S/C15H24N2O/c1-3-12-6-5-8-16-15(12)11-17-13-7-9-18-14(4-2)10-13/h5-6,8,13-14,17H,3-4,7,9-11H2,1-2H3. The lowest BCUT2D eigenvalue weighted by Gasteiger charge is -2.29. The Balaban J connectivity index is 1.87. The van der Waals surface area contributed by atoms with Crippen LogP contribution in [-0.4, -0.2) is 23.7 Å². The van der Waals surface area contributed by atoms with Gasteiger partial charge in [0.05, 0.1) is 11.8 Å². The summed E-state index contributed by atoms with van der Waals surface area (Å²) in [5.41, 5.74) is 2.55. The van der Waals surface area contributed by atoms with Crippen molar-refractivity contribution < 1.29 is 4.74 Å². The molecule has 1 fully saturated rings. The predicted octanol–water partition coefficient (Wildman–Crippen LogP) is 2.69. The van der Waals surface area contributed by atoms with E-state index in [0.717, 1.165) is 38.8 Å². The normalized spacial score (nSPS) is 24.1. The van der Waals surface area contributed by atoms with Gasteiger partial charge in [-0.1, -0.05) is 19.9 Å². The van der Waals surface area contributed by atoms with Gasteiger partial charge in [-0.25, -0.2) is 0 Å². The van der Waals surface area contributed by atoms with Crippen molar-refractivity contribution >= 4 is 0 Å². The van der Waals surface area contributed by atoms with Crippen LogP contribution < -0.4 is 5.32 Å². The maximum atomic E-state index is 5.70. The molecule has 0 aromatic carbocycles. The highest BCUT2D eigenvalue weighted by Gasteiger charge is 2.20. The Bertz CT molecular complexity index is 367. The lowest BCUT2D eigenvalue weighted by Crippen LogP contribution is -2.38. The summed E-state index contributed by atoms with van der Waals surface area (Å²) in [7, 11) is 0. The summed E-state index contributed by atoms with van der Waals surface area (Å²) in [5.74, 6) is 0. The molecule has 3 nitrogen and oxygen atoms in total. The first kappa shape index (κ1) is 13.5. The van der Waals surface area contributed by atoms with Crippen molar-refractivity contribution in [2.24, 2.45) is 0 Å². The fourth-order valence-corrected chi connectivity index (χ4v) is 2.54. The first-order chi connectivity index (χ1) is 8.83. The number of ether oxygens (including phenoxy) is 1. The Morgan fingerprint density at radius 1 is 1.44 bits per heavy atom. The van der Waals surface area contributed by atoms with Crippen molar-refractivity contribution in [3.05, 3.63) is 29.6 Å². The second-order valence-corrected chi connectivity index (χ2v) is 4.97. The van der Waals surface area contributed by atoms with Gasteiger partial charge >= 0.3 is 0 Å². The topological polar surface area (TPSA) is 34.2 Å².